The molecule has 1 saturated carbocycles. The minimum Gasteiger partial charge on any atom is -0.481 e. The predicted octanol–water partition coefficient (Wildman–Crippen LogP) is 2.00. The zero-order chi connectivity index (χ0) is 27.6. The molecule has 0 bridgehead atoms. The number of carbonyl (C=O) groups excluding carboxylic acids is 1. The van der Waals surface area contributed by atoms with E-state index in [1.165, 1.54) is 6.33 Å². The summed E-state index contributed by atoms with van der Waals surface area (Å²) in [5, 5.41) is 17.9. The Kier molecular flexibility index (Phi) is 7.43. The van der Waals surface area contributed by atoms with Crippen molar-refractivity contribution in [1.29, 1.82) is 0 Å². The molecule has 13 heteroatoms. The van der Waals surface area contributed by atoms with Crippen molar-refractivity contribution in [2.24, 2.45) is 11.8 Å². The fourth-order valence-electron chi connectivity index (χ4n) is 5.22. The van der Waals surface area contributed by atoms with Crippen molar-refractivity contribution in [2.75, 3.05) is 25.0 Å². The van der Waals surface area contributed by atoms with Crippen LogP contribution in [0.4, 0.5) is 10.6 Å². The van der Waals surface area contributed by atoms with Crippen LogP contribution in [0.25, 0.3) is 17.2 Å². The smallest absolute Gasteiger partial charge is 0.320 e. The number of benzene rings is 1. The molecule has 0 radical (unpaired) electrons. The van der Waals surface area contributed by atoms with Crippen LogP contribution in [0, 0.1) is 11.8 Å². The van der Waals surface area contributed by atoms with E-state index >= 15 is 0 Å². The summed E-state index contributed by atoms with van der Waals surface area (Å²) in [5.74, 6) is -0.625. The van der Waals surface area contributed by atoms with Gasteiger partial charge in [-0.1, -0.05) is 36.4 Å². The van der Waals surface area contributed by atoms with Crippen LogP contribution in [0.2, 0.25) is 0 Å². The van der Waals surface area contributed by atoms with Gasteiger partial charge in [-0.3, -0.25) is 14.7 Å². The number of ether oxygens (including phenoxy) is 3. The topological polar surface area (TPSA) is 162 Å². The summed E-state index contributed by atoms with van der Waals surface area (Å²) in [7, 11) is 0. The normalized spacial score (nSPS) is 29.1. The SMILES string of the molecule is CCNC(=O)Nc1ncnc2c1ncn2C1OC(CNCC2CC2C(=O)O)C2OC(C=Cc3ccccc3)OC21. The van der Waals surface area contributed by atoms with E-state index in [1.54, 1.807) is 10.9 Å². The Labute approximate surface area is 229 Å². The molecule has 3 aliphatic rings. The number of carboxylic acids is 1. The van der Waals surface area contributed by atoms with Gasteiger partial charge in [0.05, 0.1) is 12.2 Å². The Morgan fingerprint density at radius 2 is 1.93 bits per heavy atom. The lowest BCUT2D eigenvalue weighted by Gasteiger charge is -2.20. The van der Waals surface area contributed by atoms with E-state index < -0.39 is 24.6 Å². The van der Waals surface area contributed by atoms with Crippen molar-refractivity contribution in [3.63, 3.8) is 0 Å². The van der Waals surface area contributed by atoms with Crippen LogP contribution >= 0.6 is 0 Å². The molecule has 0 spiro atoms. The fourth-order valence-corrected chi connectivity index (χ4v) is 5.22. The zero-order valence-electron chi connectivity index (χ0n) is 21.8. The van der Waals surface area contributed by atoms with Crippen molar-refractivity contribution in [3.05, 3.63) is 54.6 Å². The van der Waals surface area contributed by atoms with Gasteiger partial charge in [-0.15, -0.1) is 0 Å². The van der Waals surface area contributed by atoms with Crippen LogP contribution < -0.4 is 16.0 Å². The van der Waals surface area contributed by atoms with E-state index in [-0.39, 0.29) is 35.9 Å². The first-order valence-electron chi connectivity index (χ1n) is 13.4. The lowest BCUT2D eigenvalue weighted by molar-refractivity contribution is -0.138. The second kappa shape index (κ2) is 11.3. The van der Waals surface area contributed by atoms with Crippen molar-refractivity contribution in [1.82, 2.24) is 30.2 Å². The number of fused-ring (bicyclic) bond motifs is 2. The number of carbonyl (C=O) groups is 2. The molecule has 7 atom stereocenters. The minimum absolute atomic E-state index is 0.123. The molecule has 6 rings (SSSR count). The summed E-state index contributed by atoms with van der Waals surface area (Å²) in [6.45, 7) is 3.35. The molecule has 4 N–H and O–H groups in total. The Morgan fingerprint density at radius 1 is 1.10 bits per heavy atom. The maximum absolute atomic E-state index is 12.1. The van der Waals surface area contributed by atoms with Crippen LogP contribution in [0.15, 0.2) is 49.1 Å². The molecule has 13 nitrogen and oxygen atoms in total. The molecule has 3 aromatic rings. The number of urea groups is 1. The largest absolute Gasteiger partial charge is 0.481 e. The lowest BCUT2D eigenvalue weighted by atomic mass is 10.1. The fraction of sp³-hybridized carbons (Fsp3) is 0.444. The van der Waals surface area contributed by atoms with Crippen LogP contribution in [0.3, 0.4) is 0 Å². The molecule has 2 amide bonds. The molecule has 2 saturated heterocycles. The number of aliphatic carboxylic acids is 1. The maximum Gasteiger partial charge on any atom is 0.320 e. The van der Waals surface area contributed by atoms with Gasteiger partial charge in [0.2, 0.25) is 0 Å². The summed E-state index contributed by atoms with van der Waals surface area (Å²) in [6, 6.07) is 9.49. The molecule has 7 unspecified atom stereocenters. The number of hydrogen-bond donors (Lipinski definition) is 4. The van der Waals surface area contributed by atoms with E-state index in [0.29, 0.717) is 37.2 Å². The lowest BCUT2D eigenvalue weighted by Crippen LogP contribution is -2.37. The monoisotopic (exact) mass is 549 g/mol. The van der Waals surface area contributed by atoms with Crippen LogP contribution in [-0.2, 0) is 19.0 Å². The predicted molar refractivity (Wildman–Crippen MR) is 143 cm³/mol. The number of carboxylic acid groups (broad SMARTS) is 1. The van der Waals surface area contributed by atoms with Gasteiger partial charge in [-0.05, 0) is 37.4 Å². The van der Waals surface area contributed by atoms with Crippen molar-refractivity contribution in [2.45, 2.75) is 44.2 Å². The van der Waals surface area contributed by atoms with Gasteiger partial charge < -0.3 is 30.0 Å². The van der Waals surface area contributed by atoms with E-state index in [9.17, 15) is 14.7 Å². The Balaban J connectivity index is 1.21. The highest BCUT2D eigenvalue weighted by atomic mass is 16.8. The molecule has 40 heavy (non-hydrogen) atoms. The third-order valence-corrected chi connectivity index (χ3v) is 7.31. The van der Waals surface area contributed by atoms with Gasteiger partial charge in [0, 0.05) is 13.1 Å². The van der Waals surface area contributed by atoms with Crippen LogP contribution in [0.1, 0.15) is 25.1 Å². The molecular formula is C27H31N7O6. The summed E-state index contributed by atoms with van der Waals surface area (Å²) in [5.41, 5.74) is 1.93. The van der Waals surface area contributed by atoms with Gasteiger partial charge in [0.1, 0.15) is 24.6 Å². The maximum atomic E-state index is 12.1. The highest BCUT2D eigenvalue weighted by Gasteiger charge is 2.53. The number of hydrogen-bond acceptors (Lipinski definition) is 9. The van der Waals surface area contributed by atoms with Gasteiger partial charge in [0.15, 0.2) is 29.5 Å². The zero-order valence-corrected chi connectivity index (χ0v) is 21.8. The highest BCUT2D eigenvalue weighted by molar-refractivity contribution is 5.95. The molecule has 1 aliphatic carbocycles. The average Bonchev–Trinajstić information content (AvgIpc) is 3.25. The number of amides is 2. The second-order valence-electron chi connectivity index (χ2n) is 10.0. The second-order valence-corrected chi connectivity index (χ2v) is 10.0. The quantitative estimate of drug-likeness (QED) is 0.294. The minimum atomic E-state index is -0.750. The van der Waals surface area contributed by atoms with Crippen molar-refractivity contribution >= 4 is 35.1 Å². The molecule has 2 aromatic heterocycles. The first-order valence-corrected chi connectivity index (χ1v) is 13.4. The molecular weight excluding hydrogens is 518 g/mol. The van der Waals surface area contributed by atoms with Gasteiger partial charge in [-0.2, -0.15) is 0 Å². The van der Waals surface area contributed by atoms with E-state index in [4.69, 9.17) is 14.2 Å². The summed E-state index contributed by atoms with van der Waals surface area (Å²) in [4.78, 5) is 36.3. The van der Waals surface area contributed by atoms with E-state index in [2.05, 4.69) is 30.9 Å². The highest BCUT2D eigenvalue weighted by Crippen LogP contribution is 2.41. The average molecular weight is 550 g/mol. The third kappa shape index (κ3) is 5.41. The Bertz CT molecular complexity index is 1400. The molecule has 1 aromatic carbocycles. The van der Waals surface area contributed by atoms with E-state index in [1.807, 2.05) is 49.4 Å². The van der Waals surface area contributed by atoms with Gasteiger partial charge in [-0.25, -0.2) is 19.7 Å². The number of imidazole rings is 1. The van der Waals surface area contributed by atoms with E-state index in [0.717, 1.165) is 5.56 Å². The molecule has 3 fully saturated rings. The van der Waals surface area contributed by atoms with Crippen LogP contribution in [-0.4, -0.2) is 80.9 Å². The van der Waals surface area contributed by atoms with Gasteiger partial charge >= 0.3 is 12.0 Å². The van der Waals surface area contributed by atoms with Gasteiger partial charge in [0.25, 0.3) is 0 Å². The Hall–Kier alpha value is -3.91. The number of nitrogens with zero attached hydrogens (tertiary/aromatic N) is 4. The first-order chi connectivity index (χ1) is 19.5. The van der Waals surface area contributed by atoms with Crippen LogP contribution in [0.5, 0.6) is 0 Å². The number of aromatic nitrogens is 4. The standard InChI is InChI=1S/C27H31N7O6/c1-2-29-27(37)33-23-20-24(31-13-30-23)34(14-32-20)25-22-21(18(38-25)12-28-11-16-10-17(16)26(35)36)39-19(40-22)9-8-15-6-4-3-5-7-15/h3-9,13-14,16-19,21-22,25,28H,2,10-12H2,1H3,(H,35,36)(H2,29,30,31,33,37). The molecule has 4 heterocycles. The first kappa shape index (κ1) is 26.3. The number of nitrogens with one attached hydrogen (secondary N) is 3. The summed E-state index contributed by atoms with van der Waals surface area (Å²) in [6.07, 6.45) is 5.08. The summed E-state index contributed by atoms with van der Waals surface area (Å²) < 4.78 is 20.8. The Morgan fingerprint density at radius 3 is 2.70 bits per heavy atom. The number of rotatable bonds is 10. The van der Waals surface area contributed by atoms with Crippen molar-refractivity contribution in [3.8, 4) is 0 Å². The van der Waals surface area contributed by atoms with Crippen molar-refractivity contribution < 1.29 is 28.9 Å². The third-order valence-electron chi connectivity index (χ3n) is 7.31. The summed E-state index contributed by atoms with van der Waals surface area (Å²) >= 11 is 0. The molecule has 210 valence electrons. The molecule has 2 aliphatic heterocycles. The number of anilines is 1.